The van der Waals surface area contributed by atoms with Crippen LogP contribution in [0, 0.1) is 25.5 Å². The predicted molar refractivity (Wildman–Crippen MR) is 118 cm³/mol. The molecule has 0 amide bonds. The van der Waals surface area contributed by atoms with Gasteiger partial charge in [-0.05, 0) is 44.5 Å². The molecule has 4 heterocycles. The maximum atomic E-state index is 14.2. The fraction of sp³-hybridized carbons (Fsp3) is 0.250. The monoisotopic (exact) mass is 432 g/mol. The first-order valence-corrected chi connectivity index (χ1v) is 10.5. The fourth-order valence-electron chi connectivity index (χ4n) is 3.98. The minimum atomic E-state index is -0.606. The van der Waals surface area contributed by atoms with Gasteiger partial charge >= 0.3 is 0 Å². The standard InChI is InChI=1S/C24H22F2N6/c1-14-15(2)28-24(16-4-3-9-27-11-16)31-23(14)29-18-6-8-22-30-21(13-32(22)12-18)19-7-5-17(25)10-20(19)26/h3-5,7,9-11,13,18H,6,8,12H2,1-2H3,(H,28,29,31). The number of nitrogens with one attached hydrogen (secondary N) is 1. The highest BCUT2D eigenvalue weighted by atomic mass is 19.1. The van der Waals surface area contributed by atoms with Crippen LogP contribution in [-0.2, 0) is 13.0 Å². The molecule has 0 radical (unpaired) electrons. The first-order valence-electron chi connectivity index (χ1n) is 10.5. The molecule has 32 heavy (non-hydrogen) atoms. The summed E-state index contributed by atoms with van der Waals surface area (Å²) in [6.07, 6.45) is 6.92. The van der Waals surface area contributed by atoms with E-state index in [1.54, 1.807) is 12.4 Å². The van der Waals surface area contributed by atoms with E-state index in [1.807, 2.05) is 36.7 Å². The summed E-state index contributed by atoms with van der Waals surface area (Å²) in [7, 11) is 0. The summed E-state index contributed by atoms with van der Waals surface area (Å²) in [6, 6.07) is 7.51. The number of rotatable bonds is 4. The van der Waals surface area contributed by atoms with Crippen LogP contribution in [-0.4, -0.2) is 30.5 Å². The lowest BCUT2D eigenvalue weighted by Gasteiger charge is -2.26. The van der Waals surface area contributed by atoms with E-state index in [-0.39, 0.29) is 6.04 Å². The topological polar surface area (TPSA) is 68.5 Å². The van der Waals surface area contributed by atoms with E-state index >= 15 is 0 Å². The number of imidazole rings is 1. The van der Waals surface area contributed by atoms with Crippen molar-refractivity contribution < 1.29 is 8.78 Å². The number of pyridine rings is 1. The van der Waals surface area contributed by atoms with Gasteiger partial charge in [-0.15, -0.1) is 0 Å². The number of aryl methyl sites for hydroxylation is 2. The summed E-state index contributed by atoms with van der Waals surface area (Å²) in [4.78, 5) is 18.1. The molecule has 0 aliphatic carbocycles. The van der Waals surface area contributed by atoms with Crippen LogP contribution in [0.4, 0.5) is 14.6 Å². The van der Waals surface area contributed by atoms with Crippen molar-refractivity contribution in [1.82, 2.24) is 24.5 Å². The van der Waals surface area contributed by atoms with Crippen molar-refractivity contribution in [3.8, 4) is 22.6 Å². The molecule has 1 aromatic carbocycles. The highest BCUT2D eigenvalue weighted by Crippen LogP contribution is 2.27. The molecule has 162 valence electrons. The number of hydrogen-bond acceptors (Lipinski definition) is 5. The van der Waals surface area contributed by atoms with Crippen molar-refractivity contribution in [2.24, 2.45) is 0 Å². The van der Waals surface area contributed by atoms with Gasteiger partial charge in [0, 0.05) is 66.0 Å². The molecule has 4 aromatic rings. The molecule has 3 aromatic heterocycles. The largest absolute Gasteiger partial charge is 0.365 e. The maximum absolute atomic E-state index is 14.2. The summed E-state index contributed by atoms with van der Waals surface area (Å²) in [5.74, 6) is 1.13. The molecular weight excluding hydrogens is 410 g/mol. The highest BCUT2D eigenvalue weighted by Gasteiger charge is 2.23. The Bertz CT molecular complexity index is 1290. The molecule has 0 fully saturated rings. The van der Waals surface area contributed by atoms with Crippen molar-refractivity contribution in [1.29, 1.82) is 0 Å². The Labute approximate surface area is 184 Å². The summed E-state index contributed by atoms with van der Waals surface area (Å²) >= 11 is 0. The Kier molecular flexibility index (Phi) is 5.13. The van der Waals surface area contributed by atoms with Gasteiger partial charge in [-0.2, -0.15) is 0 Å². The number of aromatic nitrogens is 5. The van der Waals surface area contributed by atoms with Gasteiger partial charge in [0.15, 0.2) is 5.82 Å². The summed E-state index contributed by atoms with van der Waals surface area (Å²) < 4.78 is 29.5. The molecule has 0 saturated carbocycles. The quantitative estimate of drug-likeness (QED) is 0.505. The molecule has 1 unspecified atom stereocenters. The zero-order valence-corrected chi connectivity index (χ0v) is 17.8. The van der Waals surface area contributed by atoms with E-state index in [0.717, 1.165) is 47.4 Å². The fourth-order valence-corrected chi connectivity index (χ4v) is 3.98. The van der Waals surface area contributed by atoms with Gasteiger partial charge in [-0.25, -0.2) is 23.7 Å². The van der Waals surface area contributed by atoms with E-state index in [9.17, 15) is 8.78 Å². The lowest BCUT2D eigenvalue weighted by molar-refractivity contribution is 0.475. The third kappa shape index (κ3) is 3.84. The maximum Gasteiger partial charge on any atom is 0.163 e. The average Bonchev–Trinajstić information content (AvgIpc) is 3.20. The molecule has 0 spiro atoms. The van der Waals surface area contributed by atoms with E-state index in [1.165, 1.54) is 12.1 Å². The number of nitrogens with zero attached hydrogens (tertiary/aromatic N) is 5. The molecule has 0 saturated heterocycles. The highest BCUT2D eigenvalue weighted by molar-refractivity contribution is 5.60. The summed E-state index contributed by atoms with van der Waals surface area (Å²) in [5.41, 5.74) is 3.61. The SMILES string of the molecule is Cc1nc(-c2cccnc2)nc(NC2CCc3nc(-c4ccc(F)cc4F)cn3C2)c1C. The minimum absolute atomic E-state index is 0.136. The third-order valence-electron chi connectivity index (χ3n) is 5.85. The van der Waals surface area contributed by atoms with Crippen molar-refractivity contribution >= 4 is 5.82 Å². The number of hydrogen-bond donors (Lipinski definition) is 1. The van der Waals surface area contributed by atoms with Gasteiger partial charge in [0.1, 0.15) is 23.3 Å². The molecular formula is C24H22F2N6. The van der Waals surface area contributed by atoms with Crippen LogP contribution in [0.5, 0.6) is 0 Å². The second-order valence-corrected chi connectivity index (χ2v) is 8.05. The first-order chi connectivity index (χ1) is 15.5. The molecule has 5 rings (SSSR count). The van der Waals surface area contributed by atoms with Gasteiger partial charge < -0.3 is 9.88 Å². The number of benzene rings is 1. The van der Waals surface area contributed by atoms with Crippen LogP contribution in [0.2, 0.25) is 0 Å². The Hall–Kier alpha value is -3.68. The van der Waals surface area contributed by atoms with E-state index in [2.05, 4.69) is 20.3 Å². The van der Waals surface area contributed by atoms with E-state index in [0.29, 0.717) is 23.6 Å². The second-order valence-electron chi connectivity index (χ2n) is 8.05. The molecule has 0 bridgehead atoms. The van der Waals surface area contributed by atoms with Crippen LogP contribution in [0.15, 0.2) is 48.9 Å². The second kappa shape index (κ2) is 8.11. The predicted octanol–water partition coefficient (Wildman–Crippen LogP) is 4.72. The van der Waals surface area contributed by atoms with Crippen molar-refractivity contribution in [3.63, 3.8) is 0 Å². The molecule has 6 nitrogen and oxygen atoms in total. The van der Waals surface area contributed by atoms with Crippen molar-refractivity contribution in [3.05, 3.63) is 77.6 Å². The summed E-state index contributed by atoms with van der Waals surface area (Å²) in [6.45, 7) is 4.65. The van der Waals surface area contributed by atoms with Crippen LogP contribution < -0.4 is 5.32 Å². The Balaban J connectivity index is 1.39. The third-order valence-corrected chi connectivity index (χ3v) is 5.85. The zero-order chi connectivity index (χ0) is 22.2. The Morgan fingerprint density at radius 2 is 1.97 bits per heavy atom. The summed E-state index contributed by atoms with van der Waals surface area (Å²) in [5, 5.41) is 3.57. The van der Waals surface area contributed by atoms with Gasteiger partial charge in [-0.3, -0.25) is 4.98 Å². The smallest absolute Gasteiger partial charge is 0.163 e. The minimum Gasteiger partial charge on any atom is -0.365 e. The zero-order valence-electron chi connectivity index (χ0n) is 17.8. The Morgan fingerprint density at radius 1 is 1.09 bits per heavy atom. The van der Waals surface area contributed by atoms with Crippen LogP contribution in [0.1, 0.15) is 23.5 Å². The molecule has 1 N–H and O–H groups in total. The van der Waals surface area contributed by atoms with E-state index < -0.39 is 11.6 Å². The van der Waals surface area contributed by atoms with Gasteiger partial charge in [0.2, 0.25) is 0 Å². The van der Waals surface area contributed by atoms with Gasteiger partial charge in [-0.1, -0.05) is 0 Å². The first kappa shape index (κ1) is 20.2. The lowest BCUT2D eigenvalue weighted by Crippen LogP contribution is -2.31. The van der Waals surface area contributed by atoms with Crippen LogP contribution >= 0.6 is 0 Å². The number of fused-ring (bicyclic) bond motifs is 1. The number of halogens is 2. The molecule has 1 aliphatic rings. The Morgan fingerprint density at radius 3 is 2.75 bits per heavy atom. The lowest BCUT2D eigenvalue weighted by atomic mass is 10.1. The normalized spacial score (nSPS) is 15.4. The average molecular weight is 432 g/mol. The molecule has 1 atom stereocenters. The van der Waals surface area contributed by atoms with Crippen LogP contribution in [0.25, 0.3) is 22.6 Å². The van der Waals surface area contributed by atoms with Gasteiger partial charge in [0.05, 0.1) is 5.69 Å². The van der Waals surface area contributed by atoms with Crippen LogP contribution in [0.3, 0.4) is 0 Å². The molecule has 8 heteroatoms. The van der Waals surface area contributed by atoms with E-state index in [4.69, 9.17) is 4.98 Å². The van der Waals surface area contributed by atoms with Gasteiger partial charge in [0.25, 0.3) is 0 Å². The molecule has 1 aliphatic heterocycles. The van der Waals surface area contributed by atoms with Crippen molar-refractivity contribution in [2.45, 2.75) is 39.3 Å². The van der Waals surface area contributed by atoms with Crippen molar-refractivity contribution in [2.75, 3.05) is 5.32 Å². The number of anilines is 1.